The fourth-order valence-electron chi connectivity index (χ4n) is 3.46. The summed E-state index contributed by atoms with van der Waals surface area (Å²) >= 11 is 0. The van der Waals surface area contributed by atoms with Gasteiger partial charge in [0.2, 0.25) is 0 Å². The van der Waals surface area contributed by atoms with Crippen LogP contribution in [-0.2, 0) is 6.42 Å². The molecule has 4 heteroatoms. The Morgan fingerprint density at radius 1 is 1.07 bits per heavy atom. The number of fused-ring (bicyclic) bond motifs is 3. The minimum Gasteiger partial charge on any atom is -0.490 e. The SMILES string of the molecule is [2H]c1ccc(CC(C)(C)NC[C@H](O)COc2c([2H])cc([2H])c3[nH]c4c([2H])cc([2H])cc4c23)cc1. The number of aromatic nitrogens is 1. The summed E-state index contributed by atoms with van der Waals surface area (Å²) in [6.45, 7) is 4.29. The van der Waals surface area contributed by atoms with Crippen molar-refractivity contribution >= 4 is 21.8 Å². The summed E-state index contributed by atoms with van der Waals surface area (Å²) in [5.41, 5.74) is 1.72. The second kappa shape index (κ2) is 8.27. The summed E-state index contributed by atoms with van der Waals surface area (Å²) in [6, 6.07) is 12.6. The van der Waals surface area contributed by atoms with Crippen molar-refractivity contribution in [2.24, 2.45) is 0 Å². The molecule has 0 aliphatic rings. The highest BCUT2D eigenvalue weighted by Crippen LogP contribution is 2.32. The number of nitrogens with one attached hydrogen (secondary N) is 2. The average Bonchev–Trinajstić information content (AvgIpc) is 3.14. The summed E-state index contributed by atoms with van der Waals surface area (Å²) in [6.07, 6.45) is -0.118. The average molecular weight is 394 g/mol. The van der Waals surface area contributed by atoms with Crippen LogP contribution >= 0.6 is 0 Å². The van der Waals surface area contributed by atoms with E-state index < -0.39 is 6.10 Å². The second-order valence-corrected chi connectivity index (χ2v) is 7.84. The highest BCUT2D eigenvalue weighted by atomic mass is 16.5. The van der Waals surface area contributed by atoms with Gasteiger partial charge in [0.1, 0.15) is 18.5 Å². The number of benzene rings is 3. The van der Waals surface area contributed by atoms with Crippen molar-refractivity contribution < 1.29 is 16.7 Å². The maximum Gasteiger partial charge on any atom is 0.129 e. The van der Waals surface area contributed by atoms with Crippen LogP contribution in [0.2, 0.25) is 0 Å². The summed E-state index contributed by atoms with van der Waals surface area (Å²) in [5.74, 6) is 0.219. The lowest BCUT2D eigenvalue weighted by Crippen LogP contribution is -2.46. The molecule has 0 aliphatic heterocycles. The lowest BCUT2D eigenvalue weighted by molar-refractivity contribution is 0.0996. The van der Waals surface area contributed by atoms with Gasteiger partial charge >= 0.3 is 0 Å². The molecule has 0 saturated heterocycles. The van der Waals surface area contributed by atoms with E-state index in [9.17, 15) is 5.11 Å². The quantitative estimate of drug-likeness (QED) is 0.408. The molecule has 0 saturated carbocycles. The third-order valence-corrected chi connectivity index (χ3v) is 4.88. The molecule has 0 spiro atoms. The van der Waals surface area contributed by atoms with Gasteiger partial charge in [0.25, 0.3) is 0 Å². The Morgan fingerprint density at radius 2 is 1.86 bits per heavy atom. The summed E-state index contributed by atoms with van der Waals surface area (Å²) in [4.78, 5) is 3.06. The minimum absolute atomic E-state index is 0.0126. The molecule has 0 radical (unpaired) electrons. The number of H-pyrrole nitrogens is 1. The van der Waals surface area contributed by atoms with Crippen molar-refractivity contribution in [2.75, 3.05) is 13.2 Å². The first-order chi connectivity index (χ1) is 16.0. The molecule has 150 valence electrons. The predicted octanol–water partition coefficient (Wildman–Crippen LogP) is 4.67. The molecule has 1 heterocycles. The highest BCUT2D eigenvalue weighted by molar-refractivity contribution is 6.10. The first-order valence-electron chi connectivity index (χ1n) is 12.2. The number of aromatic amines is 1. The molecular weight excluding hydrogens is 360 g/mol. The molecule has 1 atom stereocenters. The van der Waals surface area contributed by atoms with Gasteiger partial charge in [-0.05, 0) is 44.0 Å². The lowest BCUT2D eigenvalue weighted by atomic mass is 9.95. The van der Waals surface area contributed by atoms with Gasteiger partial charge in [0, 0.05) is 28.4 Å². The van der Waals surface area contributed by atoms with Crippen LogP contribution < -0.4 is 10.1 Å². The zero-order valence-corrected chi connectivity index (χ0v) is 16.6. The number of rotatable bonds is 8. The van der Waals surface area contributed by atoms with Crippen LogP contribution in [0.25, 0.3) is 21.8 Å². The van der Waals surface area contributed by atoms with Crippen molar-refractivity contribution in [3.63, 3.8) is 0 Å². The van der Waals surface area contributed by atoms with Crippen LogP contribution in [-0.4, -0.2) is 34.9 Å². The molecule has 0 fully saturated rings. The standard InChI is InChI=1S/C25H28N2O2/c1-25(2,15-18-9-4-3-5-10-18)26-16-19(28)17-29-23-14-8-13-22-24(23)20-11-6-7-12-21(20)27-22/h3-14,19,26-28H,15-17H2,1-2H3/t19-/m0/s1/i3D,6D,12D,13D,14D. The third-order valence-electron chi connectivity index (χ3n) is 4.88. The lowest BCUT2D eigenvalue weighted by Gasteiger charge is -2.28. The van der Waals surface area contributed by atoms with E-state index in [0.29, 0.717) is 27.8 Å². The van der Waals surface area contributed by atoms with Crippen LogP contribution in [0, 0.1) is 0 Å². The van der Waals surface area contributed by atoms with E-state index in [0.717, 1.165) is 12.0 Å². The molecular formula is C25H28N2O2. The van der Waals surface area contributed by atoms with Gasteiger partial charge < -0.3 is 20.1 Å². The van der Waals surface area contributed by atoms with Crippen LogP contribution in [0.1, 0.15) is 26.3 Å². The second-order valence-electron chi connectivity index (χ2n) is 7.84. The molecule has 0 bridgehead atoms. The van der Waals surface area contributed by atoms with Crippen LogP contribution in [0.15, 0.2) is 72.7 Å². The first-order valence-corrected chi connectivity index (χ1v) is 9.68. The van der Waals surface area contributed by atoms with Gasteiger partial charge in [-0.15, -0.1) is 0 Å². The number of β-amino-alcohol motifs (C(OH)–C–C–N with tert-alkyl or cyclic N) is 1. The number of ether oxygens (including phenoxy) is 1. The predicted molar refractivity (Wildman–Crippen MR) is 120 cm³/mol. The zero-order valence-electron chi connectivity index (χ0n) is 21.6. The highest BCUT2D eigenvalue weighted by Gasteiger charge is 2.19. The van der Waals surface area contributed by atoms with Gasteiger partial charge in [0.15, 0.2) is 0 Å². The number of aliphatic hydroxyl groups is 1. The van der Waals surface area contributed by atoms with Crippen LogP contribution in [0.5, 0.6) is 5.75 Å². The van der Waals surface area contributed by atoms with E-state index in [1.807, 2.05) is 26.0 Å². The van der Waals surface area contributed by atoms with Gasteiger partial charge in [-0.1, -0.05) is 54.5 Å². The number of hydrogen-bond acceptors (Lipinski definition) is 3. The van der Waals surface area contributed by atoms with E-state index in [-0.39, 0.29) is 48.6 Å². The summed E-state index contributed by atoms with van der Waals surface area (Å²) in [7, 11) is 0. The molecule has 4 rings (SSSR count). The first kappa shape index (κ1) is 14.2. The van der Waals surface area contributed by atoms with Gasteiger partial charge in [-0.2, -0.15) is 0 Å². The van der Waals surface area contributed by atoms with E-state index in [1.165, 1.54) is 12.1 Å². The Bertz CT molecular complexity index is 1340. The molecule has 3 N–H and O–H groups in total. The Kier molecular flexibility index (Phi) is 4.05. The minimum atomic E-state index is -0.844. The molecule has 4 aromatic rings. The van der Waals surface area contributed by atoms with E-state index in [1.54, 1.807) is 18.2 Å². The van der Waals surface area contributed by atoms with Crippen molar-refractivity contribution in [3.05, 3.63) is 78.2 Å². The molecule has 4 nitrogen and oxygen atoms in total. The Hall–Kier alpha value is -2.82. The zero-order chi connectivity index (χ0) is 24.6. The van der Waals surface area contributed by atoms with Gasteiger partial charge in [0.05, 0.1) is 12.4 Å². The van der Waals surface area contributed by atoms with E-state index in [4.69, 9.17) is 11.6 Å². The van der Waals surface area contributed by atoms with Crippen molar-refractivity contribution in [2.45, 2.75) is 31.9 Å². The monoisotopic (exact) mass is 393 g/mol. The molecule has 0 unspecified atom stereocenters. The summed E-state index contributed by atoms with van der Waals surface area (Å²) in [5, 5.41) is 15.0. The third kappa shape index (κ3) is 4.61. The van der Waals surface area contributed by atoms with E-state index >= 15 is 0 Å². The van der Waals surface area contributed by atoms with Crippen molar-refractivity contribution in [1.82, 2.24) is 10.3 Å². The number of aliphatic hydroxyl groups excluding tert-OH is 1. The fourth-order valence-corrected chi connectivity index (χ4v) is 3.46. The number of hydrogen-bond donors (Lipinski definition) is 3. The maximum atomic E-state index is 10.6. The van der Waals surface area contributed by atoms with Crippen molar-refractivity contribution in [3.8, 4) is 5.75 Å². The van der Waals surface area contributed by atoms with Crippen LogP contribution in [0.4, 0.5) is 0 Å². The van der Waals surface area contributed by atoms with Gasteiger partial charge in [-0.3, -0.25) is 0 Å². The van der Waals surface area contributed by atoms with Crippen LogP contribution in [0.3, 0.4) is 0 Å². The number of para-hydroxylation sites is 1. The largest absolute Gasteiger partial charge is 0.490 e. The molecule has 29 heavy (non-hydrogen) atoms. The molecule has 1 aromatic heterocycles. The van der Waals surface area contributed by atoms with Gasteiger partial charge in [-0.25, -0.2) is 0 Å². The van der Waals surface area contributed by atoms with Crippen molar-refractivity contribution in [1.29, 1.82) is 0 Å². The smallest absolute Gasteiger partial charge is 0.129 e. The Balaban J connectivity index is 1.49. The normalized spacial score (nSPS) is 15.5. The summed E-state index contributed by atoms with van der Waals surface area (Å²) < 4.78 is 46.2. The molecule has 0 amide bonds. The molecule has 3 aromatic carbocycles. The molecule has 0 aliphatic carbocycles. The topological polar surface area (TPSA) is 57.3 Å². The Labute approximate surface area is 178 Å². The van der Waals surface area contributed by atoms with E-state index in [2.05, 4.69) is 10.3 Å². The fraction of sp³-hybridized carbons (Fsp3) is 0.280. The maximum absolute atomic E-state index is 10.6. The Morgan fingerprint density at radius 3 is 2.69 bits per heavy atom.